The Kier molecular flexibility index (Phi) is 3.99. The molecular formula is C9H7BrN2O3. The van der Waals surface area contributed by atoms with Crippen molar-refractivity contribution in [2.24, 2.45) is 0 Å². The topological polar surface area (TPSA) is 79.3 Å². The summed E-state index contributed by atoms with van der Waals surface area (Å²) in [4.78, 5) is 25.2. The fraction of sp³-hybridized carbons (Fsp3) is 0. The molecule has 15 heavy (non-hydrogen) atoms. The molecule has 1 amide bonds. The van der Waals surface area contributed by atoms with Crippen LogP contribution in [0.1, 0.15) is 0 Å². The van der Waals surface area contributed by atoms with Gasteiger partial charge < -0.3 is 10.4 Å². The van der Waals surface area contributed by atoms with Gasteiger partial charge in [-0.2, -0.15) is 0 Å². The lowest BCUT2D eigenvalue weighted by molar-refractivity contribution is -0.131. The third-order valence-electron chi connectivity index (χ3n) is 1.39. The van der Waals surface area contributed by atoms with Gasteiger partial charge in [-0.1, -0.05) is 0 Å². The quantitative estimate of drug-likeness (QED) is 0.643. The Hall–Kier alpha value is -1.69. The van der Waals surface area contributed by atoms with E-state index >= 15 is 0 Å². The third-order valence-corrected chi connectivity index (χ3v) is 2.03. The number of nitrogens with one attached hydrogen (secondary N) is 1. The Morgan fingerprint density at radius 1 is 1.47 bits per heavy atom. The van der Waals surface area contributed by atoms with E-state index in [-0.39, 0.29) is 0 Å². The number of carbonyl (C=O) groups excluding carboxylic acids is 1. The number of anilines is 1. The molecule has 0 saturated carbocycles. The SMILES string of the molecule is O=C(O)/C=C/C(=O)Nc1cccnc1Br. The van der Waals surface area contributed by atoms with E-state index in [0.717, 1.165) is 12.2 Å². The van der Waals surface area contributed by atoms with Crippen LogP contribution >= 0.6 is 15.9 Å². The van der Waals surface area contributed by atoms with Crippen molar-refractivity contribution >= 4 is 33.5 Å². The number of pyridine rings is 1. The molecule has 0 bridgehead atoms. The number of hydrogen-bond acceptors (Lipinski definition) is 3. The van der Waals surface area contributed by atoms with E-state index in [1.165, 1.54) is 0 Å². The minimum atomic E-state index is -1.17. The largest absolute Gasteiger partial charge is 0.478 e. The molecule has 1 aromatic heterocycles. The number of nitrogens with zero attached hydrogens (tertiary/aromatic N) is 1. The minimum absolute atomic E-state index is 0.484. The van der Waals surface area contributed by atoms with Crippen molar-refractivity contribution in [3.63, 3.8) is 0 Å². The van der Waals surface area contributed by atoms with Gasteiger partial charge in [-0.25, -0.2) is 9.78 Å². The summed E-state index contributed by atoms with van der Waals surface area (Å²) in [5.74, 6) is -1.69. The van der Waals surface area contributed by atoms with E-state index in [0.29, 0.717) is 10.3 Å². The standard InChI is InChI=1S/C9H7BrN2O3/c10-9-6(2-1-5-11-9)12-7(13)3-4-8(14)15/h1-5H,(H,12,13)(H,14,15)/b4-3+. The summed E-state index contributed by atoms with van der Waals surface area (Å²) in [5, 5.41) is 10.8. The molecule has 0 aromatic carbocycles. The van der Waals surface area contributed by atoms with Crippen LogP contribution in [0, 0.1) is 0 Å². The number of aliphatic carboxylic acids is 1. The number of carbonyl (C=O) groups is 2. The lowest BCUT2D eigenvalue weighted by Gasteiger charge is -2.02. The molecule has 78 valence electrons. The molecule has 0 radical (unpaired) electrons. The van der Waals surface area contributed by atoms with Crippen molar-refractivity contribution in [2.45, 2.75) is 0 Å². The van der Waals surface area contributed by atoms with Crippen molar-refractivity contribution in [3.8, 4) is 0 Å². The number of amides is 1. The van der Waals surface area contributed by atoms with Crippen LogP contribution in [0.4, 0.5) is 5.69 Å². The van der Waals surface area contributed by atoms with Crippen LogP contribution in [0.15, 0.2) is 35.1 Å². The molecule has 5 nitrogen and oxygen atoms in total. The van der Waals surface area contributed by atoms with Gasteiger partial charge in [-0.05, 0) is 28.1 Å². The summed E-state index contributed by atoms with van der Waals surface area (Å²) in [6.07, 6.45) is 3.26. The van der Waals surface area contributed by atoms with Gasteiger partial charge in [0.15, 0.2) is 0 Å². The number of carboxylic acid groups (broad SMARTS) is 1. The first kappa shape index (κ1) is 11.4. The van der Waals surface area contributed by atoms with E-state index in [4.69, 9.17) is 5.11 Å². The van der Waals surface area contributed by atoms with Gasteiger partial charge in [0.05, 0.1) is 5.69 Å². The second-order valence-corrected chi connectivity index (χ2v) is 3.25. The zero-order valence-corrected chi connectivity index (χ0v) is 9.06. The third kappa shape index (κ3) is 3.90. The Morgan fingerprint density at radius 3 is 2.80 bits per heavy atom. The van der Waals surface area contributed by atoms with Gasteiger partial charge in [0, 0.05) is 18.3 Å². The molecule has 0 aliphatic rings. The Bertz CT molecular complexity index is 418. The first-order chi connectivity index (χ1) is 7.09. The fourth-order valence-corrected chi connectivity index (χ4v) is 1.15. The molecule has 0 atom stereocenters. The van der Waals surface area contributed by atoms with Crippen LogP contribution in [0.3, 0.4) is 0 Å². The van der Waals surface area contributed by atoms with Gasteiger partial charge in [-0.3, -0.25) is 4.79 Å². The predicted molar refractivity (Wildman–Crippen MR) is 57.3 cm³/mol. The normalized spacial score (nSPS) is 10.2. The first-order valence-corrected chi connectivity index (χ1v) is 4.71. The van der Waals surface area contributed by atoms with Crippen LogP contribution < -0.4 is 5.32 Å². The average molecular weight is 271 g/mol. The lowest BCUT2D eigenvalue weighted by Crippen LogP contribution is -2.09. The lowest BCUT2D eigenvalue weighted by atomic mass is 10.4. The Morgan fingerprint density at radius 2 is 2.20 bits per heavy atom. The highest BCUT2D eigenvalue weighted by molar-refractivity contribution is 9.10. The number of carboxylic acids is 1. The molecule has 0 aliphatic heterocycles. The van der Waals surface area contributed by atoms with Crippen molar-refractivity contribution in [3.05, 3.63) is 35.1 Å². The summed E-state index contributed by atoms with van der Waals surface area (Å²) in [5.41, 5.74) is 0.484. The molecule has 1 rings (SSSR count). The molecule has 1 aromatic rings. The summed E-state index contributed by atoms with van der Waals surface area (Å²) >= 11 is 3.14. The van der Waals surface area contributed by atoms with E-state index in [1.807, 2.05) is 0 Å². The Balaban J connectivity index is 2.67. The highest BCUT2D eigenvalue weighted by atomic mass is 79.9. The number of hydrogen-bond donors (Lipinski definition) is 2. The molecule has 6 heteroatoms. The second-order valence-electron chi connectivity index (χ2n) is 2.50. The number of aromatic nitrogens is 1. The Labute approximate surface area is 94.0 Å². The van der Waals surface area contributed by atoms with Crippen molar-refractivity contribution in [1.29, 1.82) is 0 Å². The number of rotatable bonds is 3. The molecule has 0 saturated heterocycles. The average Bonchev–Trinajstić information content (AvgIpc) is 2.18. The maximum absolute atomic E-state index is 11.2. The monoisotopic (exact) mass is 270 g/mol. The van der Waals surface area contributed by atoms with Crippen LogP contribution in [0.25, 0.3) is 0 Å². The second kappa shape index (κ2) is 5.26. The van der Waals surface area contributed by atoms with Gasteiger partial charge in [0.25, 0.3) is 0 Å². The fourth-order valence-electron chi connectivity index (χ4n) is 0.801. The van der Waals surface area contributed by atoms with Gasteiger partial charge in [0.2, 0.25) is 5.91 Å². The minimum Gasteiger partial charge on any atom is -0.478 e. The van der Waals surface area contributed by atoms with E-state index < -0.39 is 11.9 Å². The van der Waals surface area contributed by atoms with Crippen LogP contribution in [-0.2, 0) is 9.59 Å². The van der Waals surface area contributed by atoms with Gasteiger partial charge >= 0.3 is 5.97 Å². The number of halogens is 1. The van der Waals surface area contributed by atoms with Crippen molar-refractivity contribution in [2.75, 3.05) is 5.32 Å². The summed E-state index contributed by atoms with van der Waals surface area (Å²) in [7, 11) is 0. The van der Waals surface area contributed by atoms with E-state index in [9.17, 15) is 9.59 Å². The van der Waals surface area contributed by atoms with E-state index in [2.05, 4.69) is 26.2 Å². The summed E-state index contributed by atoms with van der Waals surface area (Å²) < 4.78 is 0.488. The van der Waals surface area contributed by atoms with Crippen LogP contribution in [0.2, 0.25) is 0 Å². The van der Waals surface area contributed by atoms with Crippen LogP contribution in [0.5, 0.6) is 0 Å². The molecule has 2 N–H and O–H groups in total. The molecule has 0 aliphatic carbocycles. The van der Waals surface area contributed by atoms with Crippen molar-refractivity contribution in [1.82, 2.24) is 4.98 Å². The maximum Gasteiger partial charge on any atom is 0.328 e. The highest BCUT2D eigenvalue weighted by Crippen LogP contribution is 2.17. The zero-order chi connectivity index (χ0) is 11.3. The molecule has 0 unspecified atom stereocenters. The van der Waals surface area contributed by atoms with Crippen LogP contribution in [-0.4, -0.2) is 22.0 Å². The van der Waals surface area contributed by atoms with Gasteiger partial charge in [0.1, 0.15) is 4.60 Å². The predicted octanol–water partition coefficient (Wildman–Crippen LogP) is 1.42. The zero-order valence-electron chi connectivity index (χ0n) is 7.48. The highest BCUT2D eigenvalue weighted by Gasteiger charge is 2.02. The van der Waals surface area contributed by atoms with Crippen molar-refractivity contribution < 1.29 is 14.7 Å². The summed E-state index contributed by atoms with van der Waals surface area (Å²) in [6.45, 7) is 0. The maximum atomic E-state index is 11.2. The summed E-state index contributed by atoms with van der Waals surface area (Å²) in [6, 6.07) is 3.30. The van der Waals surface area contributed by atoms with E-state index in [1.54, 1.807) is 18.3 Å². The molecule has 0 fully saturated rings. The molecule has 1 heterocycles. The smallest absolute Gasteiger partial charge is 0.328 e. The molecular weight excluding hydrogens is 264 g/mol. The first-order valence-electron chi connectivity index (χ1n) is 3.92. The van der Waals surface area contributed by atoms with Gasteiger partial charge in [-0.15, -0.1) is 0 Å². The molecule has 0 spiro atoms.